The van der Waals surface area contributed by atoms with Crippen LogP contribution >= 0.6 is 0 Å². The quantitative estimate of drug-likeness (QED) is 0.874. The Bertz CT molecular complexity index is 458. The molecular weight excluding hydrogens is 258 g/mol. The molecule has 2 atom stereocenters. The second kappa shape index (κ2) is 7.39. The minimum absolute atomic E-state index is 0.104. The van der Waals surface area contributed by atoms with Gasteiger partial charge in [-0.3, -0.25) is 4.90 Å². The zero-order valence-electron chi connectivity index (χ0n) is 14.1. The molecule has 1 saturated heterocycles. The summed E-state index contributed by atoms with van der Waals surface area (Å²) in [5.41, 5.74) is 10.3. The minimum Gasteiger partial charge on any atom is -0.323 e. The molecular formula is C18H31N3. The van der Waals surface area contributed by atoms with Crippen LogP contribution < -0.4 is 5.73 Å². The average molecular weight is 289 g/mol. The Balaban J connectivity index is 1.91. The highest BCUT2D eigenvalue weighted by molar-refractivity contribution is 5.32. The lowest BCUT2D eigenvalue weighted by Crippen LogP contribution is -2.41. The fraction of sp³-hybridized carbons (Fsp3) is 0.667. The van der Waals surface area contributed by atoms with Crippen molar-refractivity contribution in [3.8, 4) is 0 Å². The number of aryl methyl sites for hydroxylation is 2. The van der Waals surface area contributed by atoms with E-state index in [1.165, 1.54) is 42.6 Å². The molecule has 1 aliphatic rings. The first-order valence-electron chi connectivity index (χ1n) is 8.26. The summed E-state index contributed by atoms with van der Waals surface area (Å²) in [6.45, 7) is 11.1. The van der Waals surface area contributed by atoms with Gasteiger partial charge in [0.25, 0.3) is 0 Å². The minimum atomic E-state index is 0.104. The average Bonchev–Trinajstić information content (AvgIpc) is 2.85. The van der Waals surface area contributed by atoms with E-state index in [1.807, 2.05) is 0 Å². The number of nitrogens with zero attached hydrogens (tertiary/aromatic N) is 2. The summed E-state index contributed by atoms with van der Waals surface area (Å²) in [5.74, 6) is 0. The van der Waals surface area contributed by atoms with E-state index < -0.39 is 0 Å². The van der Waals surface area contributed by atoms with Gasteiger partial charge in [-0.1, -0.05) is 30.7 Å². The highest BCUT2D eigenvalue weighted by Crippen LogP contribution is 2.20. The zero-order valence-corrected chi connectivity index (χ0v) is 14.1. The van der Waals surface area contributed by atoms with Crippen LogP contribution in [0.1, 0.15) is 42.5 Å². The number of benzene rings is 1. The van der Waals surface area contributed by atoms with Crippen LogP contribution in [0.25, 0.3) is 0 Å². The van der Waals surface area contributed by atoms with Crippen LogP contribution in [0.15, 0.2) is 18.2 Å². The van der Waals surface area contributed by atoms with Crippen molar-refractivity contribution >= 4 is 0 Å². The predicted octanol–water partition coefficient (Wildman–Crippen LogP) is 2.72. The zero-order chi connectivity index (χ0) is 15.4. The third-order valence-corrected chi connectivity index (χ3v) is 4.76. The third-order valence-electron chi connectivity index (χ3n) is 4.76. The Kier molecular flexibility index (Phi) is 5.80. The molecule has 1 aromatic carbocycles. The number of likely N-dealkylation sites (N-methyl/N-ethyl adjacent to an activating group) is 2. The highest BCUT2D eigenvalue weighted by atomic mass is 15.2. The van der Waals surface area contributed by atoms with Gasteiger partial charge in [-0.25, -0.2) is 0 Å². The van der Waals surface area contributed by atoms with E-state index in [2.05, 4.69) is 55.8 Å². The molecule has 1 heterocycles. The maximum absolute atomic E-state index is 6.43. The van der Waals surface area contributed by atoms with Gasteiger partial charge in [-0.15, -0.1) is 0 Å². The Hall–Kier alpha value is -0.900. The fourth-order valence-electron chi connectivity index (χ4n) is 3.63. The molecule has 1 aromatic rings. The van der Waals surface area contributed by atoms with Gasteiger partial charge in [0.1, 0.15) is 0 Å². The predicted molar refractivity (Wildman–Crippen MR) is 90.6 cm³/mol. The Morgan fingerprint density at radius 3 is 2.81 bits per heavy atom. The van der Waals surface area contributed by atoms with Gasteiger partial charge in [-0.2, -0.15) is 0 Å². The fourth-order valence-corrected chi connectivity index (χ4v) is 3.63. The lowest BCUT2D eigenvalue weighted by atomic mass is 9.99. The van der Waals surface area contributed by atoms with Gasteiger partial charge in [0.15, 0.2) is 0 Å². The van der Waals surface area contributed by atoms with Crippen LogP contribution in [0.2, 0.25) is 0 Å². The first-order valence-corrected chi connectivity index (χ1v) is 8.26. The van der Waals surface area contributed by atoms with E-state index in [9.17, 15) is 0 Å². The smallest absolute Gasteiger partial charge is 0.0426 e. The lowest BCUT2D eigenvalue weighted by Gasteiger charge is -2.29. The van der Waals surface area contributed by atoms with Crippen molar-refractivity contribution in [3.63, 3.8) is 0 Å². The lowest BCUT2D eigenvalue weighted by molar-refractivity contribution is 0.193. The maximum Gasteiger partial charge on any atom is 0.0426 e. The van der Waals surface area contributed by atoms with Crippen molar-refractivity contribution in [2.24, 2.45) is 5.73 Å². The Morgan fingerprint density at radius 2 is 2.14 bits per heavy atom. The standard InChI is InChI=1S/C18H31N3/c1-5-21-10-6-7-16(21)12-20(4)13-18(19)17-9-8-14(2)11-15(17)3/h8-9,11,16,18H,5-7,10,12-13,19H2,1-4H3. The molecule has 0 amide bonds. The normalized spacial score (nSPS) is 21.1. The van der Waals surface area contributed by atoms with Gasteiger partial charge in [-0.05, 0) is 58.0 Å². The van der Waals surface area contributed by atoms with Gasteiger partial charge in [0.2, 0.25) is 0 Å². The van der Waals surface area contributed by atoms with Crippen LogP contribution in [-0.2, 0) is 0 Å². The van der Waals surface area contributed by atoms with Crippen LogP contribution in [0, 0.1) is 13.8 Å². The number of nitrogens with two attached hydrogens (primary N) is 1. The summed E-state index contributed by atoms with van der Waals surface area (Å²) in [6, 6.07) is 7.40. The van der Waals surface area contributed by atoms with Crippen molar-refractivity contribution in [3.05, 3.63) is 34.9 Å². The maximum atomic E-state index is 6.43. The second-order valence-corrected chi connectivity index (χ2v) is 6.61. The molecule has 0 radical (unpaired) electrons. The molecule has 1 aliphatic heterocycles. The van der Waals surface area contributed by atoms with Crippen molar-refractivity contribution in [1.29, 1.82) is 0 Å². The molecule has 0 aromatic heterocycles. The van der Waals surface area contributed by atoms with Crippen LogP contribution in [0.4, 0.5) is 0 Å². The molecule has 3 heteroatoms. The molecule has 0 aliphatic carbocycles. The molecule has 0 spiro atoms. The molecule has 0 saturated carbocycles. The summed E-state index contributed by atoms with van der Waals surface area (Å²) < 4.78 is 0. The van der Waals surface area contributed by atoms with Gasteiger partial charge >= 0.3 is 0 Å². The Labute approximate surface area is 130 Å². The summed E-state index contributed by atoms with van der Waals surface area (Å²) >= 11 is 0. The van der Waals surface area contributed by atoms with Crippen molar-refractivity contribution in [1.82, 2.24) is 9.80 Å². The molecule has 2 unspecified atom stereocenters. The van der Waals surface area contributed by atoms with Gasteiger partial charge in [0.05, 0.1) is 0 Å². The molecule has 2 N–H and O–H groups in total. The summed E-state index contributed by atoms with van der Waals surface area (Å²) in [6.07, 6.45) is 2.67. The van der Waals surface area contributed by atoms with Crippen LogP contribution in [0.3, 0.4) is 0 Å². The Morgan fingerprint density at radius 1 is 1.38 bits per heavy atom. The van der Waals surface area contributed by atoms with E-state index in [-0.39, 0.29) is 6.04 Å². The SMILES string of the molecule is CCN1CCCC1CN(C)CC(N)c1ccc(C)cc1C. The molecule has 3 nitrogen and oxygen atoms in total. The topological polar surface area (TPSA) is 32.5 Å². The molecule has 118 valence electrons. The number of hydrogen-bond donors (Lipinski definition) is 1. The van der Waals surface area contributed by atoms with E-state index >= 15 is 0 Å². The van der Waals surface area contributed by atoms with E-state index in [0.29, 0.717) is 6.04 Å². The summed E-state index contributed by atoms with van der Waals surface area (Å²) in [7, 11) is 2.20. The van der Waals surface area contributed by atoms with E-state index in [4.69, 9.17) is 5.73 Å². The van der Waals surface area contributed by atoms with Crippen molar-refractivity contribution in [2.45, 2.75) is 45.7 Å². The first-order chi connectivity index (χ1) is 10.0. The second-order valence-electron chi connectivity index (χ2n) is 6.61. The van der Waals surface area contributed by atoms with Gasteiger partial charge in [0, 0.05) is 25.2 Å². The van der Waals surface area contributed by atoms with Crippen molar-refractivity contribution in [2.75, 3.05) is 33.2 Å². The molecule has 1 fully saturated rings. The number of rotatable bonds is 6. The first kappa shape index (κ1) is 16.5. The number of hydrogen-bond acceptors (Lipinski definition) is 3. The van der Waals surface area contributed by atoms with E-state index in [0.717, 1.165) is 13.1 Å². The molecule has 21 heavy (non-hydrogen) atoms. The van der Waals surface area contributed by atoms with Crippen molar-refractivity contribution < 1.29 is 0 Å². The third kappa shape index (κ3) is 4.29. The summed E-state index contributed by atoms with van der Waals surface area (Å²) in [5, 5.41) is 0. The number of likely N-dealkylation sites (tertiary alicyclic amines) is 1. The molecule has 2 rings (SSSR count). The van der Waals surface area contributed by atoms with Gasteiger partial charge < -0.3 is 10.6 Å². The van der Waals surface area contributed by atoms with E-state index in [1.54, 1.807) is 0 Å². The summed E-state index contributed by atoms with van der Waals surface area (Å²) in [4.78, 5) is 5.00. The highest BCUT2D eigenvalue weighted by Gasteiger charge is 2.24. The monoisotopic (exact) mass is 289 g/mol. The molecule has 0 bridgehead atoms. The van der Waals surface area contributed by atoms with Crippen LogP contribution in [-0.4, -0.2) is 49.1 Å². The largest absolute Gasteiger partial charge is 0.323 e. The van der Waals surface area contributed by atoms with Crippen LogP contribution in [0.5, 0.6) is 0 Å².